The number of carbonyl (C=O) groups is 1. The van der Waals surface area contributed by atoms with E-state index in [-0.39, 0.29) is 5.91 Å². The van der Waals surface area contributed by atoms with E-state index < -0.39 is 0 Å². The SMILES string of the molecule is Cc1ccc(NC(=O)CCCC[n+]2ccccc2)cc1Cl. The van der Waals surface area contributed by atoms with Crippen LogP contribution in [0.4, 0.5) is 5.69 Å². The van der Waals surface area contributed by atoms with E-state index in [1.54, 1.807) is 6.07 Å². The Morgan fingerprint density at radius 3 is 2.67 bits per heavy atom. The van der Waals surface area contributed by atoms with Crippen LogP contribution in [0.3, 0.4) is 0 Å². The van der Waals surface area contributed by atoms with Gasteiger partial charge in [0.25, 0.3) is 0 Å². The molecule has 1 amide bonds. The molecule has 1 aromatic heterocycles. The Kier molecular flexibility index (Phi) is 5.76. The Labute approximate surface area is 130 Å². The predicted octanol–water partition coefficient (Wildman–Crippen LogP) is 3.74. The van der Waals surface area contributed by atoms with Crippen LogP contribution in [0.1, 0.15) is 24.8 Å². The van der Waals surface area contributed by atoms with Crippen molar-refractivity contribution in [3.05, 3.63) is 59.4 Å². The van der Waals surface area contributed by atoms with E-state index in [9.17, 15) is 4.79 Å². The molecule has 0 saturated heterocycles. The second-order valence-corrected chi connectivity index (χ2v) is 5.49. The van der Waals surface area contributed by atoms with Gasteiger partial charge in [-0.05, 0) is 31.0 Å². The zero-order valence-electron chi connectivity index (χ0n) is 12.2. The fraction of sp³-hybridized carbons (Fsp3) is 0.294. The molecule has 4 heteroatoms. The number of aromatic nitrogens is 1. The fourth-order valence-corrected chi connectivity index (χ4v) is 2.24. The topological polar surface area (TPSA) is 33.0 Å². The number of halogens is 1. The number of anilines is 1. The lowest BCUT2D eigenvalue weighted by Crippen LogP contribution is -2.32. The number of unbranched alkanes of at least 4 members (excludes halogenated alkanes) is 1. The summed E-state index contributed by atoms with van der Waals surface area (Å²) in [6.07, 6.45) is 6.45. The van der Waals surface area contributed by atoms with Crippen LogP contribution < -0.4 is 9.88 Å². The van der Waals surface area contributed by atoms with Crippen LogP contribution in [0.5, 0.6) is 0 Å². The molecule has 2 aromatic rings. The van der Waals surface area contributed by atoms with Gasteiger partial charge in [-0.25, -0.2) is 4.57 Å². The zero-order valence-corrected chi connectivity index (χ0v) is 12.9. The van der Waals surface area contributed by atoms with Gasteiger partial charge in [0.05, 0.1) is 0 Å². The number of pyridine rings is 1. The number of nitrogens with zero attached hydrogens (tertiary/aromatic N) is 1. The third-order valence-corrected chi connectivity index (χ3v) is 3.71. The van der Waals surface area contributed by atoms with E-state index in [1.165, 1.54) is 0 Å². The molecule has 0 aliphatic heterocycles. The maximum Gasteiger partial charge on any atom is 0.224 e. The van der Waals surface area contributed by atoms with Gasteiger partial charge in [-0.2, -0.15) is 0 Å². The van der Waals surface area contributed by atoms with Gasteiger partial charge >= 0.3 is 0 Å². The zero-order chi connectivity index (χ0) is 15.1. The molecule has 0 unspecified atom stereocenters. The molecule has 110 valence electrons. The number of benzene rings is 1. The van der Waals surface area contributed by atoms with Gasteiger partial charge < -0.3 is 5.32 Å². The minimum absolute atomic E-state index is 0.0352. The van der Waals surface area contributed by atoms with E-state index >= 15 is 0 Å². The molecule has 0 saturated carbocycles. The number of aryl methyl sites for hydroxylation is 2. The summed E-state index contributed by atoms with van der Waals surface area (Å²) in [5.41, 5.74) is 1.77. The quantitative estimate of drug-likeness (QED) is 0.640. The highest BCUT2D eigenvalue weighted by Crippen LogP contribution is 2.20. The molecule has 0 fully saturated rings. The van der Waals surface area contributed by atoms with E-state index in [1.807, 2.05) is 49.6 Å². The van der Waals surface area contributed by atoms with Crippen molar-refractivity contribution in [2.45, 2.75) is 32.7 Å². The van der Waals surface area contributed by atoms with Gasteiger partial charge in [0.2, 0.25) is 5.91 Å². The largest absolute Gasteiger partial charge is 0.326 e. The van der Waals surface area contributed by atoms with Crippen LogP contribution in [-0.2, 0) is 11.3 Å². The first-order valence-electron chi connectivity index (χ1n) is 7.15. The maximum atomic E-state index is 11.9. The van der Waals surface area contributed by atoms with Crippen LogP contribution >= 0.6 is 11.6 Å². The van der Waals surface area contributed by atoms with E-state index in [2.05, 4.69) is 9.88 Å². The molecule has 1 heterocycles. The molecule has 0 bridgehead atoms. The smallest absolute Gasteiger partial charge is 0.224 e. The van der Waals surface area contributed by atoms with Crippen LogP contribution in [0, 0.1) is 6.92 Å². The molecule has 0 spiro atoms. The minimum Gasteiger partial charge on any atom is -0.326 e. The van der Waals surface area contributed by atoms with Crippen LogP contribution in [0.15, 0.2) is 48.8 Å². The predicted molar refractivity (Wildman–Crippen MR) is 85.3 cm³/mol. The second kappa shape index (κ2) is 7.79. The monoisotopic (exact) mass is 303 g/mol. The van der Waals surface area contributed by atoms with Crippen molar-refractivity contribution in [2.24, 2.45) is 0 Å². The summed E-state index contributed by atoms with van der Waals surface area (Å²) in [6.45, 7) is 2.87. The molecule has 1 N–H and O–H groups in total. The average Bonchev–Trinajstić information content (AvgIpc) is 2.49. The Morgan fingerprint density at radius 1 is 1.19 bits per heavy atom. The van der Waals surface area contributed by atoms with Crippen LogP contribution in [0.25, 0.3) is 0 Å². The Balaban J connectivity index is 1.71. The van der Waals surface area contributed by atoms with E-state index in [0.29, 0.717) is 11.4 Å². The van der Waals surface area contributed by atoms with Crippen molar-refractivity contribution < 1.29 is 9.36 Å². The number of hydrogen-bond acceptors (Lipinski definition) is 1. The van der Waals surface area contributed by atoms with Gasteiger partial charge in [0.1, 0.15) is 6.54 Å². The van der Waals surface area contributed by atoms with Crippen molar-refractivity contribution in [1.29, 1.82) is 0 Å². The Bertz CT molecular complexity index is 599. The van der Waals surface area contributed by atoms with Gasteiger partial charge in [-0.15, -0.1) is 0 Å². The number of hydrogen-bond donors (Lipinski definition) is 1. The minimum atomic E-state index is 0.0352. The average molecular weight is 304 g/mol. The summed E-state index contributed by atoms with van der Waals surface area (Å²) in [5.74, 6) is 0.0352. The van der Waals surface area contributed by atoms with E-state index in [0.717, 1.165) is 30.6 Å². The standard InChI is InChI=1S/C17H19ClN2O/c1-14-8-9-15(13-16(14)18)19-17(21)7-3-6-12-20-10-4-2-5-11-20/h2,4-5,8-11,13H,3,6-7,12H2,1H3/p+1. The van der Waals surface area contributed by atoms with Crippen LogP contribution in [-0.4, -0.2) is 5.91 Å². The van der Waals surface area contributed by atoms with Crippen molar-refractivity contribution in [1.82, 2.24) is 0 Å². The summed E-state index contributed by atoms with van der Waals surface area (Å²) < 4.78 is 2.12. The number of rotatable bonds is 6. The lowest BCUT2D eigenvalue weighted by atomic mass is 10.2. The summed E-state index contributed by atoms with van der Waals surface area (Å²) in [4.78, 5) is 11.9. The lowest BCUT2D eigenvalue weighted by Gasteiger charge is -2.06. The first kappa shape index (κ1) is 15.5. The number of amides is 1. The van der Waals surface area contributed by atoms with E-state index in [4.69, 9.17) is 11.6 Å². The fourth-order valence-electron chi connectivity index (χ4n) is 2.06. The first-order chi connectivity index (χ1) is 10.1. The molecular weight excluding hydrogens is 284 g/mol. The molecule has 0 aliphatic rings. The highest BCUT2D eigenvalue weighted by Gasteiger charge is 2.05. The Morgan fingerprint density at radius 2 is 1.95 bits per heavy atom. The summed E-state index contributed by atoms with van der Waals surface area (Å²) in [5, 5.41) is 3.55. The number of nitrogens with one attached hydrogen (secondary N) is 1. The maximum absolute atomic E-state index is 11.9. The normalized spacial score (nSPS) is 10.4. The molecule has 21 heavy (non-hydrogen) atoms. The molecule has 2 rings (SSSR count). The lowest BCUT2D eigenvalue weighted by molar-refractivity contribution is -0.697. The highest BCUT2D eigenvalue weighted by atomic mass is 35.5. The second-order valence-electron chi connectivity index (χ2n) is 5.08. The molecular formula is C17H20ClN2O+. The summed E-state index contributed by atoms with van der Waals surface area (Å²) >= 11 is 6.04. The van der Waals surface area contributed by atoms with Crippen molar-refractivity contribution >= 4 is 23.2 Å². The van der Waals surface area contributed by atoms with Crippen molar-refractivity contribution in [2.75, 3.05) is 5.32 Å². The van der Waals surface area contributed by atoms with Crippen molar-refractivity contribution in [3.8, 4) is 0 Å². The third kappa shape index (κ3) is 5.20. The highest BCUT2D eigenvalue weighted by molar-refractivity contribution is 6.31. The molecule has 0 radical (unpaired) electrons. The molecule has 0 aliphatic carbocycles. The summed E-state index contributed by atoms with van der Waals surface area (Å²) in [6, 6.07) is 11.6. The van der Waals surface area contributed by atoms with Gasteiger partial charge in [0, 0.05) is 35.7 Å². The van der Waals surface area contributed by atoms with Gasteiger partial charge in [0.15, 0.2) is 12.4 Å². The van der Waals surface area contributed by atoms with Gasteiger partial charge in [-0.1, -0.05) is 23.7 Å². The molecule has 1 aromatic carbocycles. The van der Waals surface area contributed by atoms with Crippen molar-refractivity contribution in [3.63, 3.8) is 0 Å². The molecule has 3 nitrogen and oxygen atoms in total. The van der Waals surface area contributed by atoms with Gasteiger partial charge in [-0.3, -0.25) is 4.79 Å². The number of carbonyl (C=O) groups excluding carboxylic acids is 1. The third-order valence-electron chi connectivity index (χ3n) is 3.30. The van der Waals surface area contributed by atoms with Crippen LogP contribution in [0.2, 0.25) is 5.02 Å². The first-order valence-corrected chi connectivity index (χ1v) is 7.53. The molecule has 0 atom stereocenters. The summed E-state index contributed by atoms with van der Waals surface area (Å²) in [7, 11) is 0. The Hall–Kier alpha value is -1.87.